The van der Waals surface area contributed by atoms with Crippen LogP contribution in [-0.2, 0) is 13.6 Å². The molecule has 0 saturated carbocycles. The Morgan fingerprint density at radius 1 is 1.45 bits per heavy atom. The van der Waals surface area contributed by atoms with E-state index in [1.54, 1.807) is 19.2 Å². The molecule has 3 N–H and O–H groups in total. The summed E-state index contributed by atoms with van der Waals surface area (Å²) in [7, 11) is 1.61. The van der Waals surface area contributed by atoms with Gasteiger partial charge in [-0.25, -0.2) is 8.78 Å². The molecule has 1 heterocycles. The molecule has 0 fully saturated rings. The van der Waals surface area contributed by atoms with Gasteiger partial charge in [0.05, 0.1) is 6.20 Å². The van der Waals surface area contributed by atoms with Crippen molar-refractivity contribution in [2.75, 3.05) is 5.73 Å². The maximum atomic E-state index is 12.8. The average Bonchev–Trinajstić information content (AvgIpc) is 2.76. The van der Waals surface area contributed by atoms with Crippen molar-refractivity contribution >= 4 is 11.7 Å². The van der Waals surface area contributed by atoms with Crippen LogP contribution < -0.4 is 11.1 Å². The fraction of sp³-hybridized carbons (Fsp3) is 0.231. The molecule has 20 heavy (non-hydrogen) atoms. The van der Waals surface area contributed by atoms with Crippen molar-refractivity contribution in [1.82, 2.24) is 15.1 Å². The molecule has 1 aromatic carbocycles. The second kappa shape index (κ2) is 5.68. The van der Waals surface area contributed by atoms with Gasteiger partial charge in [-0.1, -0.05) is 24.3 Å². The predicted octanol–water partition coefficient (Wildman–Crippen LogP) is 1.87. The number of hydrogen-bond donors (Lipinski definition) is 2. The minimum Gasteiger partial charge on any atom is -0.383 e. The normalized spacial score (nSPS) is 10.8. The van der Waals surface area contributed by atoms with Crippen molar-refractivity contribution in [2.45, 2.75) is 13.0 Å². The molecule has 2 rings (SSSR count). The maximum Gasteiger partial charge on any atom is 0.264 e. The summed E-state index contributed by atoms with van der Waals surface area (Å²) in [6.45, 7) is 0.00762. The van der Waals surface area contributed by atoms with Gasteiger partial charge in [-0.15, -0.1) is 0 Å². The van der Waals surface area contributed by atoms with Gasteiger partial charge >= 0.3 is 0 Å². The first-order chi connectivity index (χ1) is 9.50. The zero-order chi connectivity index (χ0) is 14.7. The number of carbonyl (C=O) groups is 1. The number of anilines is 1. The van der Waals surface area contributed by atoms with Gasteiger partial charge < -0.3 is 11.1 Å². The largest absolute Gasteiger partial charge is 0.383 e. The number of hydrogen-bond acceptors (Lipinski definition) is 3. The monoisotopic (exact) mass is 280 g/mol. The minimum atomic E-state index is -2.58. The highest BCUT2D eigenvalue weighted by molar-refractivity contribution is 5.98. The van der Waals surface area contributed by atoms with Gasteiger partial charge in [0, 0.05) is 19.2 Å². The number of benzene rings is 1. The molecular weight excluding hydrogens is 266 g/mol. The first kappa shape index (κ1) is 14.0. The first-order valence-electron chi connectivity index (χ1n) is 5.92. The van der Waals surface area contributed by atoms with Gasteiger partial charge in [-0.2, -0.15) is 5.10 Å². The molecular formula is C13H14F2N4O. The average molecular weight is 280 g/mol. The van der Waals surface area contributed by atoms with E-state index in [1.807, 2.05) is 0 Å². The topological polar surface area (TPSA) is 72.9 Å². The Morgan fingerprint density at radius 2 is 2.15 bits per heavy atom. The fourth-order valence-corrected chi connectivity index (χ4v) is 1.80. The molecule has 1 amide bonds. The van der Waals surface area contributed by atoms with E-state index < -0.39 is 12.3 Å². The molecule has 0 bridgehead atoms. The Hall–Kier alpha value is -2.44. The van der Waals surface area contributed by atoms with E-state index in [2.05, 4.69) is 10.4 Å². The van der Waals surface area contributed by atoms with E-state index >= 15 is 0 Å². The summed E-state index contributed by atoms with van der Waals surface area (Å²) in [6, 6.07) is 6.07. The Balaban J connectivity index is 2.10. The van der Waals surface area contributed by atoms with Crippen LogP contribution in [0, 0.1) is 0 Å². The molecule has 0 aliphatic rings. The molecule has 2 aromatic rings. The molecule has 0 aliphatic heterocycles. The fourth-order valence-electron chi connectivity index (χ4n) is 1.80. The summed E-state index contributed by atoms with van der Waals surface area (Å²) in [5, 5.41) is 6.41. The molecule has 106 valence electrons. The van der Waals surface area contributed by atoms with Crippen LogP contribution >= 0.6 is 0 Å². The lowest BCUT2D eigenvalue weighted by Crippen LogP contribution is -2.24. The van der Waals surface area contributed by atoms with Crippen molar-refractivity contribution in [2.24, 2.45) is 7.05 Å². The highest BCUT2D eigenvalue weighted by Gasteiger charge is 2.16. The molecule has 1 aromatic heterocycles. The van der Waals surface area contributed by atoms with E-state index in [0.717, 1.165) is 0 Å². The zero-order valence-electron chi connectivity index (χ0n) is 10.8. The summed E-state index contributed by atoms with van der Waals surface area (Å²) >= 11 is 0. The Labute approximate surface area is 114 Å². The van der Waals surface area contributed by atoms with Crippen molar-refractivity contribution in [1.29, 1.82) is 0 Å². The summed E-state index contributed by atoms with van der Waals surface area (Å²) in [5.74, 6) is -0.218. The Kier molecular flexibility index (Phi) is 3.97. The number of rotatable bonds is 4. The third-order valence-corrected chi connectivity index (χ3v) is 2.96. The van der Waals surface area contributed by atoms with Gasteiger partial charge in [-0.3, -0.25) is 9.48 Å². The highest BCUT2D eigenvalue weighted by Crippen LogP contribution is 2.22. The molecule has 0 saturated heterocycles. The summed E-state index contributed by atoms with van der Waals surface area (Å²) in [4.78, 5) is 11.9. The standard InChI is InChI=1S/C13H14F2N4O/c1-19-12(16)10(7-18-19)13(20)17-6-8-4-2-3-5-9(8)11(14)15/h2-5,7,11H,6,16H2,1H3,(H,17,20). The number of nitrogen functional groups attached to an aromatic ring is 1. The Bertz CT molecular complexity index is 625. The number of halogens is 2. The lowest BCUT2D eigenvalue weighted by atomic mass is 10.1. The number of aromatic nitrogens is 2. The lowest BCUT2D eigenvalue weighted by molar-refractivity contribution is 0.0950. The number of aryl methyl sites for hydroxylation is 1. The summed E-state index contributed by atoms with van der Waals surface area (Å²) in [5.41, 5.74) is 6.18. The van der Waals surface area contributed by atoms with E-state index in [4.69, 9.17) is 5.73 Å². The SMILES string of the molecule is Cn1ncc(C(=O)NCc2ccccc2C(F)F)c1N. The van der Waals surface area contributed by atoms with E-state index in [9.17, 15) is 13.6 Å². The number of nitrogens with one attached hydrogen (secondary N) is 1. The zero-order valence-corrected chi connectivity index (χ0v) is 10.8. The van der Waals surface area contributed by atoms with Crippen molar-refractivity contribution in [3.05, 3.63) is 47.2 Å². The van der Waals surface area contributed by atoms with Crippen LogP contribution in [0.25, 0.3) is 0 Å². The van der Waals surface area contributed by atoms with Crippen LogP contribution in [-0.4, -0.2) is 15.7 Å². The van der Waals surface area contributed by atoms with Crippen LogP contribution in [0.5, 0.6) is 0 Å². The van der Waals surface area contributed by atoms with Gasteiger partial charge in [0.1, 0.15) is 11.4 Å². The maximum absolute atomic E-state index is 12.8. The van der Waals surface area contributed by atoms with Gasteiger partial charge in [-0.05, 0) is 5.56 Å². The van der Waals surface area contributed by atoms with Crippen molar-refractivity contribution < 1.29 is 13.6 Å². The number of amides is 1. The van der Waals surface area contributed by atoms with Gasteiger partial charge in [0.2, 0.25) is 0 Å². The molecule has 0 radical (unpaired) electrons. The third-order valence-electron chi connectivity index (χ3n) is 2.96. The smallest absolute Gasteiger partial charge is 0.264 e. The van der Waals surface area contributed by atoms with Gasteiger partial charge in [0.15, 0.2) is 0 Å². The Morgan fingerprint density at radius 3 is 2.75 bits per heavy atom. The van der Waals surface area contributed by atoms with Crippen molar-refractivity contribution in [3.8, 4) is 0 Å². The van der Waals surface area contributed by atoms with Crippen LogP contribution in [0.3, 0.4) is 0 Å². The second-order valence-electron chi connectivity index (χ2n) is 4.25. The quantitative estimate of drug-likeness (QED) is 0.898. The molecule has 7 heteroatoms. The first-order valence-corrected chi connectivity index (χ1v) is 5.92. The minimum absolute atomic E-state index is 0.00762. The summed E-state index contributed by atoms with van der Waals surface area (Å²) in [6.07, 6.45) is -1.24. The van der Waals surface area contributed by atoms with Crippen LogP contribution in [0.15, 0.2) is 30.5 Å². The third kappa shape index (κ3) is 2.76. The van der Waals surface area contributed by atoms with E-state index in [1.165, 1.54) is 23.0 Å². The predicted molar refractivity (Wildman–Crippen MR) is 70.2 cm³/mol. The molecule has 0 unspecified atom stereocenters. The number of alkyl halides is 2. The summed E-state index contributed by atoms with van der Waals surface area (Å²) < 4.78 is 27.0. The van der Waals surface area contributed by atoms with Gasteiger partial charge in [0.25, 0.3) is 12.3 Å². The molecule has 5 nitrogen and oxygen atoms in total. The molecule has 0 atom stereocenters. The number of nitrogens with zero attached hydrogens (tertiary/aromatic N) is 2. The van der Waals surface area contributed by atoms with Crippen LogP contribution in [0.1, 0.15) is 27.9 Å². The van der Waals surface area contributed by atoms with E-state index in [0.29, 0.717) is 5.56 Å². The second-order valence-corrected chi connectivity index (χ2v) is 4.25. The molecule has 0 spiro atoms. The van der Waals surface area contributed by atoms with E-state index in [-0.39, 0.29) is 23.5 Å². The lowest BCUT2D eigenvalue weighted by Gasteiger charge is -2.09. The number of nitrogens with two attached hydrogens (primary N) is 1. The molecule has 0 aliphatic carbocycles. The van der Waals surface area contributed by atoms with Crippen LogP contribution in [0.4, 0.5) is 14.6 Å². The highest BCUT2D eigenvalue weighted by atomic mass is 19.3. The number of carbonyl (C=O) groups excluding carboxylic acids is 1. The van der Waals surface area contributed by atoms with Crippen molar-refractivity contribution in [3.63, 3.8) is 0 Å². The van der Waals surface area contributed by atoms with Crippen LogP contribution in [0.2, 0.25) is 0 Å².